The number of thioether (sulfide) groups is 1. The van der Waals surface area contributed by atoms with Gasteiger partial charge in [0, 0.05) is 31.1 Å². The molecule has 2 amide bonds. The van der Waals surface area contributed by atoms with Crippen molar-refractivity contribution >= 4 is 39.3 Å². The van der Waals surface area contributed by atoms with Gasteiger partial charge in [0.1, 0.15) is 0 Å². The highest BCUT2D eigenvalue weighted by Crippen LogP contribution is 2.27. The van der Waals surface area contributed by atoms with Crippen LogP contribution in [0.2, 0.25) is 0 Å². The number of hydrogen-bond acceptors (Lipinski definition) is 7. The van der Waals surface area contributed by atoms with Crippen molar-refractivity contribution in [3.05, 3.63) is 53.6 Å². The van der Waals surface area contributed by atoms with Crippen LogP contribution in [0.25, 0.3) is 0 Å². The third kappa shape index (κ3) is 6.16. The summed E-state index contributed by atoms with van der Waals surface area (Å²) in [4.78, 5) is 28.2. The molecular formula is C24H29N3O6S2. The van der Waals surface area contributed by atoms with Crippen molar-refractivity contribution in [1.29, 1.82) is 0 Å². The van der Waals surface area contributed by atoms with Gasteiger partial charge < -0.3 is 19.7 Å². The second-order valence-corrected chi connectivity index (χ2v) is 10.8. The number of sulfonamides is 1. The minimum atomic E-state index is -4.07. The number of morpholine rings is 1. The van der Waals surface area contributed by atoms with E-state index in [2.05, 4.69) is 10.0 Å². The summed E-state index contributed by atoms with van der Waals surface area (Å²) < 4.78 is 39.9. The average molecular weight is 520 g/mol. The Balaban J connectivity index is 1.55. The van der Waals surface area contributed by atoms with E-state index in [9.17, 15) is 18.0 Å². The standard InChI is InChI=1S/C24H29N3O6S2/c1-34-22-9-8-18(15-20(22)24(29)27-10-13-32-14-11-27)35(30,31)26-21-7-3-2-6-19(21)23(28)25-16-17-5-4-12-33-17/h2-3,6-9,15,17,26H,4-5,10-14,16H2,1H3,(H,25,28)/t17-/m0/s1. The molecule has 0 spiro atoms. The molecule has 2 aliphatic rings. The summed E-state index contributed by atoms with van der Waals surface area (Å²) in [6.07, 6.45) is 3.65. The van der Waals surface area contributed by atoms with Gasteiger partial charge in [-0.2, -0.15) is 0 Å². The van der Waals surface area contributed by atoms with Crippen LogP contribution < -0.4 is 10.0 Å². The average Bonchev–Trinajstić information content (AvgIpc) is 3.41. The van der Waals surface area contributed by atoms with E-state index in [-0.39, 0.29) is 34.1 Å². The number of para-hydroxylation sites is 1. The molecule has 9 nitrogen and oxygen atoms in total. The smallest absolute Gasteiger partial charge is 0.261 e. The fourth-order valence-electron chi connectivity index (χ4n) is 4.04. The number of ether oxygens (including phenoxy) is 2. The molecule has 2 fully saturated rings. The first kappa shape index (κ1) is 25.5. The van der Waals surface area contributed by atoms with Crippen molar-refractivity contribution in [2.24, 2.45) is 0 Å². The van der Waals surface area contributed by atoms with E-state index < -0.39 is 10.0 Å². The number of amides is 2. The number of nitrogens with zero attached hydrogens (tertiary/aromatic N) is 1. The van der Waals surface area contributed by atoms with Gasteiger partial charge in [-0.15, -0.1) is 11.8 Å². The highest BCUT2D eigenvalue weighted by Gasteiger charge is 2.25. The fourth-order valence-corrected chi connectivity index (χ4v) is 5.71. The third-order valence-electron chi connectivity index (χ3n) is 5.94. The number of benzene rings is 2. The van der Waals surface area contributed by atoms with Gasteiger partial charge in [-0.05, 0) is 49.4 Å². The maximum absolute atomic E-state index is 13.3. The minimum absolute atomic E-state index is 0.0276. The number of rotatable bonds is 8. The van der Waals surface area contributed by atoms with Crippen LogP contribution in [-0.4, -0.2) is 76.9 Å². The Labute approximate surface area is 209 Å². The van der Waals surface area contributed by atoms with Gasteiger partial charge in [-0.25, -0.2) is 8.42 Å². The molecule has 2 aromatic rings. The van der Waals surface area contributed by atoms with Crippen LogP contribution in [0.5, 0.6) is 0 Å². The van der Waals surface area contributed by atoms with Gasteiger partial charge in [-0.3, -0.25) is 14.3 Å². The summed E-state index contributed by atoms with van der Waals surface area (Å²) in [6.45, 7) is 2.86. The zero-order chi connectivity index (χ0) is 24.8. The predicted molar refractivity (Wildman–Crippen MR) is 134 cm³/mol. The second kappa shape index (κ2) is 11.4. The second-order valence-electron chi connectivity index (χ2n) is 8.26. The van der Waals surface area contributed by atoms with Crippen molar-refractivity contribution in [3.8, 4) is 0 Å². The summed E-state index contributed by atoms with van der Waals surface area (Å²) >= 11 is 1.38. The number of carbonyl (C=O) groups excluding carboxylic acids is 2. The lowest BCUT2D eigenvalue weighted by atomic mass is 10.1. The Hall–Kier alpha value is -2.60. The normalized spacial score (nSPS) is 18.3. The van der Waals surface area contributed by atoms with E-state index in [0.717, 1.165) is 12.8 Å². The Morgan fingerprint density at radius 1 is 1.09 bits per heavy atom. The number of anilines is 1. The highest BCUT2D eigenvalue weighted by atomic mass is 32.2. The number of nitrogens with one attached hydrogen (secondary N) is 2. The Morgan fingerprint density at radius 2 is 1.86 bits per heavy atom. The van der Waals surface area contributed by atoms with Crippen LogP contribution in [0, 0.1) is 0 Å². The summed E-state index contributed by atoms with van der Waals surface area (Å²) in [6, 6.07) is 10.9. The molecule has 0 bridgehead atoms. The van der Waals surface area contributed by atoms with Crippen LogP contribution in [0.1, 0.15) is 33.6 Å². The maximum atomic E-state index is 13.3. The van der Waals surface area contributed by atoms with Gasteiger partial charge in [0.2, 0.25) is 0 Å². The molecule has 0 radical (unpaired) electrons. The first-order valence-corrected chi connectivity index (χ1v) is 14.2. The molecule has 2 aromatic carbocycles. The predicted octanol–water partition coefficient (Wildman–Crippen LogP) is 2.59. The van der Waals surface area contributed by atoms with Crippen LogP contribution in [0.3, 0.4) is 0 Å². The van der Waals surface area contributed by atoms with Gasteiger partial charge in [0.15, 0.2) is 0 Å². The lowest BCUT2D eigenvalue weighted by Gasteiger charge is -2.27. The quantitative estimate of drug-likeness (QED) is 0.516. The number of carbonyl (C=O) groups is 2. The lowest BCUT2D eigenvalue weighted by Crippen LogP contribution is -2.41. The zero-order valence-corrected chi connectivity index (χ0v) is 21.1. The molecule has 0 unspecified atom stereocenters. The van der Waals surface area contributed by atoms with Crippen LogP contribution in [-0.2, 0) is 19.5 Å². The van der Waals surface area contributed by atoms with Crippen LogP contribution in [0.15, 0.2) is 52.3 Å². The van der Waals surface area contributed by atoms with E-state index >= 15 is 0 Å². The molecule has 2 N–H and O–H groups in total. The largest absolute Gasteiger partial charge is 0.378 e. The first-order chi connectivity index (χ1) is 16.9. The molecule has 0 saturated carbocycles. The zero-order valence-electron chi connectivity index (χ0n) is 19.5. The van der Waals surface area contributed by atoms with E-state index in [0.29, 0.717) is 49.9 Å². The Morgan fingerprint density at radius 3 is 2.57 bits per heavy atom. The van der Waals surface area contributed by atoms with Crippen molar-refractivity contribution < 1.29 is 27.5 Å². The van der Waals surface area contributed by atoms with Gasteiger partial charge in [0.05, 0.1) is 41.0 Å². The molecule has 1 atom stereocenters. The van der Waals surface area contributed by atoms with E-state index in [1.54, 1.807) is 29.2 Å². The summed E-state index contributed by atoms with van der Waals surface area (Å²) in [5.74, 6) is -0.622. The lowest BCUT2D eigenvalue weighted by molar-refractivity contribution is 0.0300. The Bertz CT molecular complexity index is 1180. The van der Waals surface area contributed by atoms with Crippen molar-refractivity contribution in [3.63, 3.8) is 0 Å². The van der Waals surface area contributed by atoms with Gasteiger partial charge in [-0.1, -0.05) is 12.1 Å². The molecule has 0 aromatic heterocycles. The Kier molecular flexibility index (Phi) is 8.32. The van der Waals surface area contributed by atoms with Gasteiger partial charge >= 0.3 is 0 Å². The SMILES string of the molecule is CSc1ccc(S(=O)(=O)Nc2ccccc2C(=O)NC[C@@H]2CCCO2)cc1C(=O)N1CCOCC1. The monoisotopic (exact) mass is 519 g/mol. The molecule has 2 saturated heterocycles. The first-order valence-electron chi connectivity index (χ1n) is 11.5. The van der Waals surface area contributed by atoms with Crippen molar-refractivity contribution in [2.45, 2.75) is 28.7 Å². The fraction of sp³-hybridized carbons (Fsp3) is 0.417. The molecule has 11 heteroatoms. The van der Waals surface area contributed by atoms with E-state index in [1.165, 1.54) is 30.0 Å². The third-order valence-corrected chi connectivity index (χ3v) is 8.10. The van der Waals surface area contributed by atoms with E-state index in [4.69, 9.17) is 9.47 Å². The van der Waals surface area contributed by atoms with Gasteiger partial charge in [0.25, 0.3) is 21.8 Å². The minimum Gasteiger partial charge on any atom is -0.378 e. The molecule has 2 aliphatic heterocycles. The van der Waals surface area contributed by atoms with Crippen LogP contribution in [0.4, 0.5) is 5.69 Å². The molecule has 188 valence electrons. The molecule has 4 rings (SSSR count). The number of hydrogen-bond donors (Lipinski definition) is 2. The van der Waals surface area contributed by atoms with Crippen LogP contribution >= 0.6 is 11.8 Å². The summed E-state index contributed by atoms with van der Waals surface area (Å²) in [5, 5.41) is 2.82. The van der Waals surface area contributed by atoms with E-state index in [1.807, 2.05) is 6.26 Å². The topological polar surface area (TPSA) is 114 Å². The molecular weight excluding hydrogens is 490 g/mol. The van der Waals surface area contributed by atoms with Crippen molar-refractivity contribution in [2.75, 3.05) is 50.4 Å². The van der Waals surface area contributed by atoms with Crippen molar-refractivity contribution in [1.82, 2.24) is 10.2 Å². The maximum Gasteiger partial charge on any atom is 0.261 e. The molecule has 2 heterocycles. The molecule has 35 heavy (non-hydrogen) atoms. The molecule has 0 aliphatic carbocycles. The summed E-state index contributed by atoms with van der Waals surface area (Å²) in [7, 11) is -4.07. The highest BCUT2D eigenvalue weighted by molar-refractivity contribution is 7.98. The summed E-state index contributed by atoms with van der Waals surface area (Å²) in [5.41, 5.74) is 0.691.